The van der Waals surface area contributed by atoms with Gasteiger partial charge < -0.3 is 14.6 Å². The lowest BCUT2D eigenvalue weighted by atomic mass is 9.82. The Kier molecular flexibility index (Phi) is 9.06. The number of hydrogen-bond donors (Lipinski definition) is 1. The molecule has 1 saturated carbocycles. The minimum Gasteiger partial charge on any atom is -0.465 e. The lowest BCUT2D eigenvalue weighted by Gasteiger charge is -2.25. The third kappa shape index (κ3) is 6.93. The fourth-order valence-electron chi connectivity index (χ4n) is 2.65. The van der Waals surface area contributed by atoms with Gasteiger partial charge in [0, 0.05) is 0 Å². The first-order valence-electron chi connectivity index (χ1n) is 8.13. The second-order valence-corrected chi connectivity index (χ2v) is 5.67. The lowest BCUT2D eigenvalue weighted by molar-refractivity contribution is -0.155. The van der Waals surface area contributed by atoms with Gasteiger partial charge in [0.2, 0.25) is 0 Å². The van der Waals surface area contributed by atoms with Gasteiger partial charge in [-0.2, -0.15) is 0 Å². The first-order chi connectivity index (χ1) is 10.2. The van der Waals surface area contributed by atoms with Crippen molar-refractivity contribution in [2.45, 2.75) is 58.3 Å². The Balaban J connectivity index is 2.16. The number of unbranched alkanes of at least 4 members (excludes halogenated alkanes) is 3. The van der Waals surface area contributed by atoms with Crippen molar-refractivity contribution >= 4 is 11.9 Å². The van der Waals surface area contributed by atoms with Gasteiger partial charge >= 0.3 is 11.9 Å². The van der Waals surface area contributed by atoms with Gasteiger partial charge in [-0.15, -0.1) is 0 Å². The summed E-state index contributed by atoms with van der Waals surface area (Å²) in [5.41, 5.74) is 0. The maximum Gasteiger partial charge on any atom is 0.309 e. The molecule has 0 bridgehead atoms. The molecule has 0 saturated heterocycles. The fraction of sp³-hybridized carbons (Fsp3) is 0.875. The molecule has 1 aliphatic carbocycles. The Bertz CT molecular complexity index is 308. The summed E-state index contributed by atoms with van der Waals surface area (Å²) in [5.74, 6) is -0.577. The minimum absolute atomic E-state index is 0.0541. The molecule has 0 aromatic rings. The zero-order valence-electron chi connectivity index (χ0n) is 13.0. The fourth-order valence-corrected chi connectivity index (χ4v) is 2.65. The Labute approximate surface area is 127 Å². The smallest absolute Gasteiger partial charge is 0.309 e. The van der Waals surface area contributed by atoms with Crippen LogP contribution >= 0.6 is 0 Å². The molecule has 0 radical (unpaired) electrons. The molecule has 1 N–H and O–H groups in total. The second kappa shape index (κ2) is 10.6. The highest BCUT2D eigenvalue weighted by atomic mass is 16.5. The number of carbonyl (C=O) groups is 2. The van der Waals surface area contributed by atoms with Crippen LogP contribution in [0.5, 0.6) is 0 Å². The van der Waals surface area contributed by atoms with E-state index < -0.39 is 0 Å². The average Bonchev–Trinajstić information content (AvgIpc) is 2.52. The van der Waals surface area contributed by atoms with Crippen molar-refractivity contribution in [3.05, 3.63) is 0 Å². The van der Waals surface area contributed by atoms with Crippen LogP contribution in [0.25, 0.3) is 0 Å². The number of aliphatic hydroxyl groups excluding tert-OH is 1. The third-order valence-corrected chi connectivity index (χ3v) is 3.97. The van der Waals surface area contributed by atoms with E-state index in [0.717, 1.165) is 12.8 Å². The van der Waals surface area contributed by atoms with E-state index in [0.29, 0.717) is 32.3 Å². The number of hydrogen-bond acceptors (Lipinski definition) is 5. The van der Waals surface area contributed by atoms with Gasteiger partial charge in [0.1, 0.15) is 6.61 Å². The molecule has 122 valence electrons. The van der Waals surface area contributed by atoms with Crippen molar-refractivity contribution in [3.63, 3.8) is 0 Å². The molecule has 5 heteroatoms. The van der Waals surface area contributed by atoms with Crippen LogP contribution in [0.3, 0.4) is 0 Å². The summed E-state index contributed by atoms with van der Waals surface area (Å²) in [7, 11) is 0. The molecule has 1 aliphatic rings. The van der Waals surface area contributed by atoms with Crippen LogP contribution in [0.4, 0.5) is 0 Å². The van der Waals surface area contributed by atoms with Gasteiger partial charge in [-0.05, 0) is 32.1 Å². The van der Waals surface area contributed by atoms with Crippen molar-refractivity contribution in [2.24, 2.45) is 11.8 Å². The Morgan fingerprint density at radius 3 is 1.90 bits per heavy atom. The Morgan fingerprint density at radius 1 is 0.905 bits per heavy atom. The highest BCUT2D eigenvalue weighted by Crippen LogP contribution is 2.30. The number of ether oxygens (including phenoxy) is 2. The molecule has 0 atom stereocenters. The number of carbonyl (C=O) groups excluding carboxylic acids is 2. The summed E-state index contributed by atoms with van der Waals surface area (Å²) in [6.07, 6.45) is 7.09. The molecule has 0 aromatic heterocycles. The molecule has 0 aromatic carbocycles. The zero-order chi connectivity index (χ0) is 15.5. The van der Waals surface area contributed by atoms with Crippen LogP contribution in [-0.4, -0.2) is 36.9 Å². The van der Waals surface area contributed by atoms with Crippen LogP contribution in [0.15, 0.2) is 0 Å². The summed E-state index contributed by atoms with van der Waals surface area (Å²) in [5, 5.41) is 8.63. The van der Waals surface area contributed by atoms with Crippen molar-refractivity contribution in [2.75, 3.05) is 19.8 Å². The summed E-state index contributed by atoms with van der Waals surface area (Å²) < 4.78 is 10.2. The molecule has 1 rings (SSSR count). The van der Waals surface area contributed by atoms with Gasteiger partial charge in [0.05, 0.1) is 25.0 Å². The van der Waals surface area contributed by atoms with E-state index in [9.17, 15) is 9.59 Å². The molecule has 0 amide bonds. The second-order valence-electron chi connectivity index (χ2n) is 5.67. The van der Waals surface area contributed by atoms with E-state index >= 15 is 0 Å². The van der Waals surface area contributed by atoms with Gasteiger partial charge in [0.25, 0.3) is 0 Å². The molecule has 0 unspecified atom stereocenters. The van der Waals surface area contributed by atoms with E-state index in [4.69, 9.17) is 14.6 Å². The third-order valence-electron chi connectivity index (χ3n) is 3.97. The summed E-state index contributed by atoms with van der Waals surface area (Å²) in [6, 6.07) is 0. The molecular weight excluding hydrogens is 272 g/mol. The molecule has 0 aliphatic heterocycles. The van der Waals surface area contributed by atoms with Crippen LogP contribution in [0, 0.1) is 11.8 Å². The molecule has 0 spiro atoms. The maximum atomic E-state index is 11.9. The van der Waals surface area contributed by atoms with Crippen molar-refractivity contribution in [1.82, 2.24) is 0 Å². The zero-order valence-corrected chi connectivity index (χ0v) is 13.0. The predicted octanol–water partition coefficient (Wildman–Crippen LogP) is 2.45. The maximum absolute atomic E-state index is 11.9. The van der Waals surface area contributed by atoms with Crippen LogP contribution in [-0.2, 0) is 19.1 Å². The summed E-state index contributed by atoms with van der Waals surface area (Å²) in [6.45, 7) is 2.57. The number of aliphatic hydroxyl groups is 1. The first-order valence-corrected chi connectivity index (χ1v) is 8.13. The average molecular weight is 300 g/mol. The Hall–Kier alpha value is -1.10. The predicted molar refractivity (Wildman–Crippen MR) is 78.6 cm³/mol. The monoisotopic (exact) mass is 300 g/mol. The van der Waals surface area contributed by atoms with Gasteiger partial charge in [-0.25, -0.2) is 0 Å². The summed E-state index contributed by atoms with van der Waals surface area (Å²) in [4.78, 5) is 23.6. The standard InChI is InChI=1S/C16H28O5/c1-2-3-4-5-11-20-15(18)13-6-8-14(9-7-13)16(19)21-12-10-17/h13-14,17H,2-12H2,1H3. The SMILES string of the molecule is CCCCCCOC(=O)C1CCC(C(=O)OCCO)CC1. The van der Waals surface area contributed by atoms with E-state index in [1.807, 2.05) is 0 Å². The van der Waals surface area contributed by atoms with Crippen LogP contribution in [0.2, 0.25) is 0 Å². The molecule has 1 fully saturated rings. The molecule has 21 heavy (non-hydrogen) atoms. The topological polar surface area (TPSA) is 72.8 Å². The van der Waals surface area contributed by atoms with E-state index in [-0.39, 0.29) is 37.0 Å². The molecule has 5 nitrogen and oxygen atoms in total. The number of esters is 2. The highest BCUT2D eigenvalue weighted by Gasteiger charge is 2.31. The minimum atomic E-state index is -0.254. The van der Waals surface area contributed by atoms with Crippen molar-refractivity contribution in [3.8, 4) is 0 Å². The molecular formula is C16H28O5. The summed E-state index contributed by atoms with van der Waals surface area (Å²) >= 11 is 0. The van der Waals surface area contributed by atoms with Gasteiger partial charge in [0.15, 0.2) is 0 Å². The van der Waals surface area contributed by atoms with Crippen LogP contribution < -0.4 is 0 Å². The highest BCUT2D eigenvalue weighted by molar-refractivity contribution is 5.75. The van der Waals surface area contributed by atoms with E-state index in [1.165, 1.54) is 12.8 Å². The van der Waals surface area contributed by atoms with Crippen LogP contribution in [0.1, 0.15) is 58.3 Å². The quantitative estimate of drug-likeness (QED) is 0.523. The lowest BCUT2D eigenvalue weighted by Crippen LogP contribution is -2.28. The Morgan fingerprint density at radius 2 is 1.43 bits per heavy atom. The van der Waals surface area contributed by atoms with Crippen molar-refractivity contribution < 1.29 is 24.2 Å². The van der Waals surface area contributed by atoms with E-state index in [2.05, 4.69) is 6.92 Å². The van der Waals surface area contributed by atoms with Crippen molar-refractivity contribution in [1.29, 1.82) is 0 Å². The number of rotatable bonds is 9. The normalized spacial score (nSPS) is 21.8. The molecule has 0 heterocycles. The van der Waals surface area contributed by atoms with Gasteiger partial charge in [-0.1, -0.05) is 26.2 Å². The largest absolute Gasteiger partial charge is 0.465 e. The van der Waals surface area contributed by atoms with Gasteiger partial charge in [-0.3, -0.25) is 9.59 Å². The first kappa shape index (κ1) is 18.0. The van der Waals surface area contributed by atoms with E-state index in [1.54, 1.807) is 0 Å².